The number of hydrogen-bond donors (Lipinski definition) is 2. The van der Waals surface area contributed by atoms with Crippen LogP contribution in [0.25, 0.3) is 32.3 Å². The molecule has 112 valence electrons. The minimum absolute atomic E-state index is 0.620. The van der Waals surface area contributed by atoms with Gasteiger partial charge in [-0.2, -0.15) is 0 Å². The average Bonchev–Trinajstić information content (AvgIpc) is 2.55. The first kappa shape index (κ1) is 13.6. The standard InChI is InChI=1S/C20H15NO2/c1-12-5-4-8-14-13(12)9-10-16-15-6-2-3-7-17(15)19(11-18(14)16)21-20(22)23/h2-11,21H,1H3,(H,22,23). The second kappa shape index (κ2) is 4.99. The molecule has 1 amide bonds. The van der Waals surface area contributed by atoms with Crippen molar-refractivity contribution < 1.29 is 9.90 Å². The summed E-state index contributed by atoms with van der Waals surface area (Å²) >= 11 is 0. The number of amides is 1. The van der Waals surface area contributed by atoms with Gasteiger partial charge in [0, 0.05) is 5.39 Å². The van der Waals surface area contributed by atoms with Gasteiger partial charge in [-0.3, -0.25) is 5.32 Å². The predicted molar refractivity (Wildman–Crippen MR) is 95.3 cm³/mol. The number of anilines is 1. The lowest BCUT2D eigenvalue weighted by atomic mass is 9.94. The van der Waals surface area contributed by atoms with E-state index >= 15 is 0 Å². The van der Waals surface area contributed by atoms with Gasteiger partial charge in [0.25, 0.3) is 0 Å². The van der Waals surface area contributed by atoms with Crippen molar-refractivity contribution in [3.05, 3.63) is 66.2 Å². The van der Waals surface area contributed by atoms with E-state index in [9.17, 15) is 4.79 Å². The first-order valence-electron chi connectivity index (χ1n) is 7.49. The lowest BCUT2D eigenvalue weighted by molar-refractivity contribution is 0.210. The number of carbonyl (C=O) groups is 1. The van der Waals surface area contributed by atoms with E-state index in [0.717, 1.165) is 26.9 Å². The maximum Gasteiger partial charge on any atom is 0.409 e. The molecule has 0 saturated heterocycles. The SMILES string of the molecule is Cc1cccc2c1ccc1c3ccccc3c(NC(=O)O)cc21. The summed E-state index contributed by atoms with van der Waals surface area (Å²) in [7, 11) is 0. The number of hydrogen-bond acceptors (Lipinski definition) is 1. The van der Waals surface area contributed by atoms with Crippen molar-refractivity contribution in [2.75, 3.05) is 5.32 Å². The molecule has 0 radical (unpaired) electrons. The Morgan fingerprint density at radius 1 is 0.783 bits per heavy atom. The Hall–Kier alpha value is -3.07. The normalized spacial score (nSPS) is 11.2. The highest BCUT2D eigenvalue weighted by atomic mass is 16.4. The molecule has 0 aliphatic rings. The molecule has 0 spiro atoms. The molecule has 4 aromatic rings. The highest BCUT2D eigenvalue weighted by Gasteiger charge is 2.11. The Kier molecular flexibility index (Phi) is 2.95. The van der Waals surface area contributed by atoms with Crippen LogP contribution in [0.4, 0.5) is 10.5 Å². The predicted octanol–water partition coefficient (Wildman–Crippen LogP) is 5.54. The number of fused-ring (bicyclic) bond motifs is 5. The van der Waals surface area contributed by atoms with Crippen molar-refractivity contribution >= 4 is 44.1 Å². The Labute approximate surface area is 133 Å². The van der Waals surface area contributed by atoms with Gasteiger partial charge in [0.15, 0.2) is 0 Å². The van der Waals surface area contributed by atoms with Crippen molar-refractivity contribution in [3.63, 3.8) is 0 Å². The lowest BCUT2D eigenvalue weighted by Crippen LogP contribution is -2.07. The molecule has 0 saturated carbocycles. The molecular formula is C20H15NO2. The fourth-order valence-electron chi connectivity index (χ4n) is 3.32. The van der Waals surface area contributed by atoms with Crippen molar-refractivity contribution in [1.82, 2.24) is 0 Å². The fourth-order valence-corrected chi connectivity index (χ4v) is 3.32. The van der Waals surface area contributed by atoms with Crippen molar-refractivity contribution in [2.45, 2.75) is 6.92 Å². The summed E-state index contributed by atoms with van der Waals surface area (Å²) in [6.07, 6.45) is -1.05. The molecule has 4 aromatic carbocycles. The monoisotopic (exact) mass is 301 g/mol. The van der Waals surface area contributed by atoms with Crippen LogP contribution in [0.2, 0.25) is 0 Å². The zero-order valence-electron chi connectivity index (χ0n) is 12.6. The molecule has 0 atom stereocenters. The van der Waals surface area contributed by atoms with Crippen LogP contribution < -0.4 is 5.32 Å². The Balaban J connectivity index is 2.22. The van der Waals surface area contributed by atoms with E-state index < -0.39 is 6.09 Å². The van der Waals surface area contributed by atoms with Crippen LogP contribution in [0.5, 0.6) is 0 Å². The third kappa shape index (κ3) is 2.09. The van der Waals surface area contributed by atoms with Crippen LogP contribution in [0.1, 0.15) is 5.56 Å². The third-order valence-electron chi connectivity index (χ3n) is 4.36. The van der Waals surface area contributed by atoms with Gasteiger partial charge in [-0.15, -0.1) is 0 Å². The minimum atomic E-state index is -1.05. The van der Waals surface area contributed by atoms with Crippen LogP contribution in [0.15, 0.2) is 60.7 Å². The van der Waals surface area contributed by atoms with E-state index in [1.54, 1.807) is 0 Å². The zero-order valence-corrected chi connectivity index (χ0v) is 12.6. The minimum Gasteiger partial charge on any atom is -0.465 e. The summed E-state index contributed by atoms with van der Waals surface area (Å²) in [4.78, 5) is 11.2. The second-order valence-electron chi connectivity index (χ2n) is 5.73. The summed E-state index contributed by atoms with van der Waals surface area (Å²) in [5, 5.41) is 18.2. The van der Waals surface area contributed by atoms with E-state index in [-0.39, 0.29) is 0 Å². The zero-order chi connectivity index (χ0) is 16.0. The summed E-state index contributed by atoms with van der Waals surface area (Å²) in [5.41, 5.74) is 1.83. The van der Waals surface area contributed by atoms with Crippen molar-refractivity contribution in [2.24, 2.45) is 0 Å². The topological polar surface area (TPSA) is 49.3 Å². The first-order chi connectivity index (χ1) is 11.1. The summed E-state index contributed by atoms with van der Waals surface area (Å²) in [6, 6.07) is 20.3. The average molecular weight is 301 g/mol. The van der Waals surface area contributed by atoms with Crippen molar-refractivity contribution in [1.29, 1.82) is 0 Å². The Bertz CT molecular complexity index is 1080. The lowest BCUT2D eigenvalue weighted by Gasteiger charge is -2.13. The Morgan fingerprint density at radius 3 is 2.17 bits per heavy atom. The first-order valence-corrected chi connectivity index (χ1v) is 7.49. The second-order valence-corrected chi connectivity index (χ2v) is 5.73. The van der Waals surface area contributed by atoms with Crippen LogP contribution in [-0.4, -0.2) is 11.2 Å². The molecular weight excluding hydrogens is 286 g/mol. The molecule has 0 aromatic heterocycles. The fraction of sp³-hybridized carbons (Fsp3) is 0.0500. The van der Waals surface area contributed by atoms with Gasteiger partial charge in [0.05, 0.1) is 5.69 Å². The highest BCUT2D eigenvalue weighted by molar-refractivity contribution is 6.21. The number of benzene rings is 4. The summed E-state index contributed by atoms with van der Waals surface area (Å²) in [6.45, 7) is 2.09. The van der Waals surface area contributed by atoms with Gasteiger partial charge in [-0.05, 0) is 45.5 Å². The molecule has 3 nitrogen and oxygen atoms in total. The molecule has 0 bridgehead atoms. The largest absolute Gasteiger partial charge is 0.465 e. The Morgan fingerprint density at radius 2 is 1.39 bits per heavy atom. The molecule has 0 fully saturated rings. The maximum absolute atomic E-state index is 11.2. The van der Waals surface area contributed by atoms with E-state index in [0.29, 0.717) is 5.69 Å². The highest BCUT2D eigenvalue weighted by Crippen LogP contribution is 2.36. The van der Waals surface area contributed by atoms with Gasteiger partial charge >= 0.3 is 6.09 Å². The number of carboxylic acid groups (broad SMARTS) is 1. The van der Waals surface area contributed by atoms with Crippen LogP contribution in [-0.2, 0) is 0 Å². The number of nitrogens with one attached hydrogen (secondary N) is 1. The molecule has 0 aliphatic carbocycles. The van der Waals surface area contributed by atoms with Crippen LogP contribution >= 0.6 is 0 Å². The van der Waals surface area contributed by atoms with E-state index in [1.807, 2.05) is 36.4 Å². The van der Waals surface area contributed by atoms with Gasteiger partial charge < -0.3 is 5.11 Å². The molecule has 23 heavy (non-hydrogen) atoms. The molecule has 0 heterocycles. The van der Waals surface area contributed by atoms with Gasteiger partial charge in [-0.1, -0.05) is 54.6 Å². The maximum atomic E-state index is 11.2. The summed E-state index contributed by atoms with van der Waals surface area (Å²) < 4.78 is 0. The molecule has 3 heteroatoms. The van der Waals surface area contributed by atoms with Gasteiger partial charge in [-0.25, -0.2) is 4.79 Å². The smallest absolute Gasteiger partial charge is 0.409 e. The molecule has 4 rings (SSSR count). The number of rotatable bonds is 1. The molecule has 0 unspecified atom stereocenters. The van der Waals surface area contributed by atoms with E-state index in [4.69, 9.17) is 5.11 Å². The number of aryl methyl sites for hydroxylation is 1. The molecule has 2 N–H and O–H groups in total. The van der Waals surface area contributed by atoms with Gasteiger partial charge in [0.2, 0.25) is 0 Å². The van der Waals surface area contributed by atoms with E-state index in [1.165, 1.54) is 10.9 Å². The molecule has 0 aliphatic heterocycles. The quantitative estimate of drug-likeness (QED) is 0.453. The van der Waals surface area contributed by atoms with Crippen LogP contribution in [0, 0.1) is 6.92 Å². The van der Waals surface area contributed by atoms with Crippen molar-refractivity contribution in [3.8, 4) is 0 Å². The van der Waals surface area contributed by atoms with Crippen LogP contribution in [0.3, 0.4) is 0 Å². The third-order valence-corrected chi connectivity index (χ3v) is 4.36. The van der Waals surface area contributed by atoms with Gasteiger partial charge in [0.1, 0.15) is 0 Å². The summed E-state index contributed by atoms with van der Waals surface area (Å²) in [5.74, 6) is 0. The van der Waals surface area contributed by atoms with E-state index in [2.05, 4.69) is 36.5 Å².